The van der Waals surface area contributed by atoms with Crippen molar-refractivity contribution in [2.24, 2.45) is 0 Å². The fourth-order valence-electron chi connectivity index (χ4n) is 3.10. The predicted octanol–water partition coefficient (Wildman–Crippen LogP) is 2.54. The number of amides is 1. The van der Waals surface area contributed by atoms with Crippen LogP contribution in [0.5, 0.6) is 0 Å². The van der Waals surface area contributed by atoms with Gasteiger partial charge in [-0.15, -0.1) is 0 Å². The first-order valence-corrected chi connectivity index (χ1v) is 8.11. The Morgan fingerprint density at radius 3 is 2.57 bits per heavy atom. The summed E-state index contributed by atoms with van der Waals surface area (Å²) >= 11 is 0. The maximum atomic E-state index is 12.2. The molecule has 2 fully saturated rings. The fraction of sp³-hybridized carbons (Fsp3) is 0.938. The Kier molecular flexibility index (Phi) is 5.15. The van der Waals surface area contributed by atoms with Gasteiger partial charge >= 0.3 is 6.09 Å². The van der Waals surface area contributed by atoms with Gasteiger partial charge in [0.2, 0.25) is 0 Å². The zero-order valence-corrected chi connectivity index (χ0v) is 13.9. The predicted molar refractivity (Wildman–Crippen MR) is 82.4 cm³/mol. The van der Waals surface area contributed by atoms with E-state index in [9.17, 15) is 4.79 Å². The maximum absolute atomic E-state index is 12.2. The van der Waals surface area contributed by atoms with Crippen LogP contribution in [0, 0.1) is 0 Å². The van der Waals surface area contributed by atoms with Gasteiger partial charge in [-0.1, -0.05) is 0 Å². The van der Waals surface area contributed by atoms with Crippen LogP contribution >= 0.6 is 0 Å². The zero-order chi connectivity index (χ0) is 15.5. The lowest BCUT2D eigenvalue weighted by atomic mass is 9.80. The van der Waals surface area contributed by atoms with Crippen molar-refractivity contribution in [3.8, 4) is 0 Å². The normalized spacial score (nSPS) is 24.8. The summed E-state index contributed by atoms with van der Waals surface area (Å²) in [5, 5.41) is 3.49. The first-order valence-electron chi connectivity index (χ1n) is 8.11. The Bertz CT molecular complexity index is 356. The van der Waals surface area contributed by atoms with Crippen LogP contribution in [0.2, 0.25) is 0 Å². The van der Waals surface area contributed by atoms with Crippen molar-refractivity contribution in [2.45, 2.75) is 70.1 Å². The molecule has 2 aliphatic rings. The molecule has 0 radical (unpaired) electrons. The van der Waals surface area contributed by atoms with E-state index >= 15 is 0 Å². The maximum Gasteiger partial charge on any atom is 0.410 e. The molecule has 1 aliphatic heterocycles. The molecule has 122 valence electrons. The summed E-state index contributed by atoms with van der Waals surface area (Å²) in [6, 6.07) is 0.244. The van der Waals surface area contributed by atoms with Crippen molar-refractivity contribution < 1.29 is 14.3 Å². The van der Waals surface area contributed by atoms with Crippen molar-refractivity contribution in [3.05, 3.63) is 0 Å². The van der Waals surface area contributed by atoms with Crippen LogP contribution in [0.3, 0.4) is 0 Å². The van der Waals surface area contributed by atoms with E-state index < -0.39 is 5.60 Å². The lowest BCUT2D eigenvalue weighted by Gasteiger charge is -2.41. The van der Waals surface area contributed by atoms with E-state index in [1.54, 1.807) is 7.11 Å². The molecular weight excluding hydrogens is 268 g/mol. The minimum absolute atomic E-state index is 0.0371. The minimum atomic E-state index is -0.427. The van der Waals surface area contributed by atoms with Gasteiger partial charge < -0.3 is 19.7 Å². The molecule has 0 spiro atoms. The van der Waals surface area contributed by atoms with E-state index in [1.807, 2.05) is 25.7 Å². The highest BCUT2D eigenvalue weighted by Crippen LogP contribution is 2.34. The number of nitrogens with one attached hydrogen (secondary N) is 1. The molecule has 1 heterocycles. The largest absolute Gasteiger partial charge is 0.444 e. The van der Waals surface area contributed by atoms with Gasteiger partial charge in [0.25, 0.3) is 0 Å². The molecule has 2 rings (SSSR count). The van der Waals surface area contributed by atoms with Crippen molar-refractivity contribution in [1.29, 1.82) is 0 Å². The number of hydrogen-bond donors (Lipinski definition) is 1. The summed E-state index contributed by atoms with van der Waals surface area (Å²) in [5.74, 6) is 0. The van der Waals surface area contributed by atoms with Gasteiger partial charge in [0.15, 0.2) is 0 Å². The second kappa shape index (κ2) is 6.53. The van der Waals surface area contributed by atoms with Crippen molar-refractivity contribution in [2.75, 3.05) is 26.7 Å². The van der Waals surface area contributed by atoms with E-state index in [4.69, 9.17) is 9.47 Å². The first kappa shape index (κ1) is 16.6. The van der Waals surface area contributed by atoms with E-state index in [2.05, 4.69) is 5.32 Å². The number of hydrogen-bond acceptors (Lipinski definition) is 4. The first-order chi connectivity index (χ1) is 9.85. The molecule has 1 aliphatic carbocycles. The van der Waals surface area contributed by atoms with Crippen molar-refractivity contribution in [3.63, 3.8) is 0 Å². The molecular formula is C16H30N2O3. The monoisotopic (exact) mass is 298 g/mol. The van der Waals surface area contributed by atoms with E-state index in [-0.39, 0.29) is 17.7 Å². The van der Waals surface area contributed by atoms with Crippen LogP contribution in [0.1, 0.15) is 52.9 Å². The summed E-state index contributed by atoms with van der Waals surface area (Å²) in [4.78, 5) is 14.1. The molecule has 1 saturated carbocycles. The molecule has 0 aromatic rings. The Hall–Kier alpha value is -0.810. The van der Waals surface area contributed by atoms with Crippen LogP contribution in [0.4, 0.5) is 4.79 Å². The Morgan fingerprint density at radius 1 is 1.33 bits per heavy atom. The smallest absolute Gasteiger partial charge is 0.410 e. The summed E-state index contributed by atoms with van der Waals surface area (Å²) in [6.45, 7) is 8.23. The third-order valence-electron chi connectivity index (χ3n) is 4.53. The number of methoxy groups -OCH3 is 1. The van der Waals surface area contributed by atoms with Crippen LogP contribution < -0.4 is 5.32 Å². The van der Waals surface area contributed by atoms with Crippen LogP contribution in [-0.2, 0) is 9.47 Å². The van der Waals surface area contributed by atoms with Gasteiger partial charge in [0, 0.05) is 32.8 Å². The lowest BCUT2D eigenvalue weighted by molar-refractivity contribution is -0.0697. The number of carbonyl (C=O) groups is 1. The van der Waals surface area contributed by atoms with Gasteiger partial charge in [0.1, 0.15) is 5.60 Å². The molecule has 0 aromatic carbocycles. The van der Waals surface area contributed by atoms with Gasteiger partial charge in [0.05, 0.1) is 5.60 Å². The highest BCUT2D eigenvalue weighted by molar-refractivity contribution is 5.69. The minimum Gasteiger partial charge on any atom is -0.444 e. The fourth-order valence-corrected chi connectivity index (χ4v) is 3.10. The van der Waals surface area contributed by atoms with Crippen molar-refractivity contribution >= 4 is 6.09 Å². The molecule has 1 unspecified atom stereocenters. The zero-order valence-electron chi connectivity index (χ0n) is 13.9. The topological polar surface area (TPSA) is 50.8 Å². The lowest BCUT2D eigenvalue weighted by Crippen LogP contribution is -2.51. The Labute approximate surface area is 128 Å². The highest BCUT2D eigenvalue weighted by atomic mass is 16.6. The molecule has 0 bridgehead atoms. The molecule has 1 saturated heterocycles. The van der Waals surface area contributed by atoms with Gasteiger partial charge in [-0.05, 0) is 52.9 Å². The van der Waals surface area contributed by atoms with Crippen LogP contribution in [0.15, 0.2) is 0 Å². The number of likely N-dealkylation sites (tertiary alicyclic amines) is 1. The molecule has 21 heavy (non-hydrogen) atoms. The number of ether oxygens (including phenoxy) is 2. The third-order valence-corrected chi connectivity index (χ3v) is 4.53. The summed E-state index contributed by atoms with van der Waals surface area (Å²) in [7, 11) is 1.80. The average Bonchev–Trinajstić information content (AvgIpc) is 2.79. The second-order valence-electron chi connectivity index (χ2n) is 7.34. The van der Waals surface area contributed by atoms with Crippen LogP contribution in [-0.4, -0.2) is 55.0 Å². The van der Waals surface area contributed by atoms with Gasteiger partial charge in [-0.2, -0.15) is 0 Å². The van der Waals surface area contributed by atoms with E-state index in [1.165, 1.54) is 6.42 Å². The molecule has 1 amide bonds. The standard InChI is InChI=1S/C16H30N2O3/c1-15(2,3)21-14(19)18-10-5-7-13(18)11-17-12-16(20-4)8-6-9-16/h13,17H,5-12H2,1-4H3. The molecule has 5 heteroatoms. The SMILES string of the molecule is COC1(CNCC2CCCN2C(=O)OC(C)(C)C)CCC1. The number of carbonyl (C=O) groups excluding carboxylic acids is 1. The summed E-state index contributed by atoms with van der Waals surface area (Å²) in [6.07, 6.45) is 5.45. The molecule has 1 N–H and O–H groups in total. The average molecular weight is 298 g/mol. The van der Waals surface area contributed by atoms with Crippen molar-refractivity contribution in [1.82, 2.24) is 10.2 Å². The molecule has 5 nitrogen and oxygen atoms in total. The van der Waals surface area contributed by atoms with Gasteiger partial charge in [-0.3, -0.25) is 0 Å². The summed E-state index contributed by atoms with van der Waals surface area (Å²) in [5.41, 5.74) is -0.390. The highest BCUT2D eigenvalue weighted by Gasteiger charge is 2.37. The quantitative estimate of drug-likeness (QED) is 0.847. The van der Waals surface area contributed by atoms with Gasteiger partial charge in [-0.25, -0.2) is 4.79 Å². The number of rotatable bonds is 5. The van der Waals surface area contributed by atoms with E-state index in [0.29, 0.717) is 0 Å². The Morgan fingerprint density at radius 2 is 2.05 bits per heavy atom. The Balaban J connectivity index is 1.78. The summed E-state index contributed by atoms with van der Waals surface area (Å²) < 4.78 is 11.1. The third kappa shape index (κ3) is 4.33. The number of nitrogens with zero attached hydrogens (tertiary/aromatic N) is 1. The molecule has 0 aromatic heterocycles. The van der Waals surface area contributed by atoms with E-state index in [0.717, 1.165) is 45.3 Å². The molecule has 1 atom stereocenters. The second-order valence-corrected chi connectivity index (χ2v) is 7.34. The van der Waals surface area contributed by atoms with Crippen LogP contribution in [0.25, 0.3) is 0 Å².